The van der Waals surface area contributed by atoms with Crippen LogP contribution in [-0.2, 0) is 34.0 Å². The molecule has 0 spiro atoms. The van der Waals surface area contributed by atoms with E-state index >= 15 is 0 Å². The van der Waals surface area contributed by atoms with E-state index in [2.05, 4.69) is 5.32 Å². The molecule has 3 aromatic rings. The average molecular weight is 502 g/mol. The van der Waals surface area contributed by atoms with E-state index in [1.807, 2.05) is 84.9 Å². The van der Waals surface area contributed by atoms with Crippen molar-refractivity contribution < 1.29 is 23.9 Å². The monoisotopic (exact) mass is 501 g/mol. The van der Waals surface area contributed by atoms with Gasteiger partial charge in [0.1, 0.15) is 31.0 Å². The van der Waals surface area contributed by atoms with Gasteiger partial charge < -0.3 is 20.5 Å². The molecule has 0 radical (unpaired) electrons. The van der Waals surface area contributed by atoms with Crippen molar-refractivity contribution in [2.45, 2.75) is 44.6 Å². The van der Waals surface area contributed by atoms with Gasteiger partial charge in [-0.25, -0.2) is 4.79 Å². The topological polar surface area (TPSA) is 111 Å². The number of nitrogens with one attached hydrogen (secondary N) is 1. The van der Waals surface area contributed by atoms with Crippen LogP contribution in [0.25, 0.3) is 0 Å². The molecule has 1 aliphatic heterocycles. The van der Waals surface area contributed by atoms with Crippen molar-refractivity contribution in [1.29, 1.82) is 0 Å². The molecule has 2 atom stereocenters. The fourth-order valence-corrected chi connectivity index (χ4v) is 4.25. The largest absolute Gasteiger partial charge is 0.489 e. The molecule has 3 amide bonds. The van der Waals surface area contributed by atoms with Gasteiger partial charge in [-0.05, 0) is 41.7 Å². The number of primary amides is 1. The molecule has 1 fully saturated rings. The van der Waals surface area contributed by atoms with E-state index in [9.17, 15) is 14.4 Å². The number of carbonyl (C=O) groups excluding carboxylic acids is 3. The third-order valence-electron chi connectivity index (χ3n) is 6.27. The average Bonchev–Trinajstić information content (AvgIpc) is 3.42. The Morgan fingerprint density at radius 1 is 0.865 bits per heavy atom. The third-order valence-corrected chi connectivity index (χ3v) is 6.27. The molecule has 192 valence electrons. The first-order valence-corrected chi connectivity index (χ1v) is 12.3. The van der Waals surface area contributed by atoms with Gasteiger partial charge in [-0.15, -0.1) is 0 Å². The molecular weight excluding hydrogens is 470 g/mol. The van der Waals surface area contributed by atoms with Crippen LogP contribution in [0, 0.1) is 0 Å². The molecule has 3 aromatic carbocycles. The summed E-state index contributed by atoms with van der Waals surface area (Å²) in [5.74, 6) is -0.363. The number of benzene rings is 3. The molecule has 0 unspecified atom stereocenters. The van der Waals surface area contributed by atoms with Gasteiger partial charge in [-0.3, -0.25) is 14.5 Å². The minimum atomic E-state index is -0.911. The first kappa shape index (κ1) is 25.8. The smallest absolute Gasteiger partial charge is 0.410 e. The number of hydrogen-bond acceptors (Lipinski definition) is 5. The van der Waals surface area contributed by atoms with Crippen LogP contribution in [0.1, 0.15) is 29.5 Å². The molecule has 0 saturated carbocycles. The van der Waals surface area contributed by atoms with E-state index in [0.717, 1.165) is 16.7 Å². The SMILES string of the molecule is NC(=O)[C@@H](Cc1ccc(OCc2ccccc2)cc1)NC(=O)[C@H]1CCCN1C(=O)OCc1ccccc1. The quantitative estimate of drug-likeness (QED) is 0.441. The summed E-state index contributed by atoms with van der Waals surface area (Å²) in [6.45, 7) is 0.989. The Morgan fingerprint density at radius 3 is 2.11 bits per heavy atom. The predicted octanol–water partition coefficient (Wildman–Crippen LogP) is 3.58. The molecule has 3 N–H and O–H groups in total. The highest BCUT2D eigenvalue weighted by Gasteiger charge is 2.36. The molecule has 0 aromatic heterocycles. The highest BCUT2D eigenvalue weighted by Crippen LogP contribution is 2.20. The highest BCUT2D eigenvalue weighted by atomic mass is 16.6. The Balaban J connectivity index is 1.30. The Labute approximate surface area is 216 Å². The van der Waals surface area contributed by atoms with Gasteiger partial charge in [0.25, 0.3) is 0 Å². The summed E-state index contributed by atoms with van der Waals surface area (Å²) in [6.07, 6.45) is 0.837. The lowest BCUT2D eigenvalue weighted by Gasteiger charge is -2.25. The lowest BCUT2D eigenvalue weighted by Crippen LogP contribution is -2.53. The van der Waals surface area contributed by atoms with Crippen molar-refractivity contribution in [2.24, 2.45) is 5.73 Å². The molecule has 0 aliphatic carbocycles. The Hall–Kier alpha value is -4.33. The zero-order valence-electron chi connectivity index (χ0n) is 20.5. The summed E-state index contributed by atoms with van der Waals surface area (Å²) in [5, 5.41) is 2.73. The Kier molecular flexibility index (Phi) is 8.75. The Bertz CT molecular complexity index is 1190. The van der Waals surface area contributed by atoms with Crippen molar-refractivity contribution >= 4 is 17.9 Å². The van der Waals surface area contributed by atoms with Crippen molar-refractivity contribution in [1.82, 2.24) is 10.2 Å². The molecule has 8 nitrogen and oxygen atoms in total. The van der Waals surface area contributed by atoms with Gasteiger partial charge >= 0.3 is 6.09 Å². The molecule has 0 bridgehead atoms. The maximum atomic E-state index is 13.0. The number of likely N-dealkylation sites (tertiary alicyclic amines) is 1. The molecular formula is C29H31N3O5. The van der Waals surface area contributed by atoms with Crippen LogP contribution in [-0.4, -0.2) is 41.4 Å². The summed E-state index contributed by atoms with van der Waals surface area (Å²) in [5.41, 5.74) is 8.34. The number of amides is 3. The van der Waals surface area contributed by atoms with E-state index < -0.39 is 30.0 Å². The lowest BCUT2D eigenvalue weighted by molar-refractivity contribution is -0.130. The first-order valence-electron chi connectivity index (χ1n) is 12.3. The van der Waals surface area contributed by atoms with Crippen molar-refractivity contribution in [3.8, 4) is 5.75 Å². The van der Waals surface area contributed by atoms with Crippen LogP contribution >= 0.6 is 0 Å². The maximum Gasteiger partial charge on any atom is 0.410 e. The van der Waals surface area contributed by atoms with Crippen LogP contribution < -0.4 is 15.8 Å². The van der Waals surface area contributed by atoms with E-state index in [1.165, 1.54) is 4.90 Å². The van der Waals surface area contributed by atoms with Gasteiger partial charge in [0.05, 0.1) is 0 Å². The van der Waals surface area contributed by atoms with Crippen LogP contribution in [0.5, 0.6) is 5.75 Å². The second-order valence-corrected chi connectivity index (χ2v) is 8.98. The van der Waals surface area contributed by atoms with E-state index in [4.69, 9.17) is 15.2 Å². The van der Waals surface area contributed by atoms with Crippen molar-refractivity contribution in [2.75, 3.05) is 6.54 Å². The minimum Gasteiger partial charge on any atom is -0.489 e. The number of nitrogens with two attached hydrogens (primary N) is 1. The molecule has 1 saturated heterocycles. The van der Waals surface area contributed by atoms with E-state index in [1.54, 1.807) is 0 Å². The predicted molar refractivity (Wildman–Crippen MR) is 138 cm³/mol. The van der Waals surface area contributed by atoms with E-state index in [-0.39, 0.29) is 13.0 Å². The van der Waals surface area contributed by atoms with Gasteiger partial charge in [-0.2, -0.15) is 0 Å². The third kappa shape index (κ3) is 7.33. The second kappa shape index (κ2) is 12.6. The van der Waals surface area contributed by atoms with Crippen LogP contribution in [0.15, 0.2) is 84.9 Å². The molecule has 8 heteroatoms. The van der Waals surface area contributed by atoms with Crippen molar-refractivity contribution in [3.63, 3.8) is 0 Å². The number of rotatable bonds is 10. The summed E-state index contributed by atoms with van der Waals surface area (Å²) >= 11 is 0. The minimum absolute atomic E-state index is 0.124. The number of carbonyl (C=O) groups is 3. The molecule has 4 rings (SSSR count). The Morgan fingerprint density at radius 2 is 1.49 bits per heavy atom. The number of hydrogen-bond donors (Lipinski definition) is 2. The standard InChI is InChI=1S/C29H31N3O5/c30-27(33)25(18-21-13-15-24(16-14-21)36-19-22-8-3-1-4-9-22)31-28(34)26-12-7-17-32(26)29(35)37-20-23-10-5-2-6-11-23/h1-6,8-11,13-16,25-26H,7,12,17-20H2,(H2,30,33)(H,31,34)/t25-,26-/m1/s1. The molecule has 1 heterocycles. The zero-order chi connectivity index (χ0) is 26.0. The molecule has 37 heavy (non-hydrogen) atoms. The van der Waals surface area contributed by atoms with Crippen LogP contribution in [0.4, 0.5) is 4.79 Å². The maximum absolute atomic E-state index is 13.0. The van der Waals surface area contributed by atoms with Gasteiger partial charge in [0.2, 0.25) is 11.8 Å². The van der Waals surface area contributed by atoms with Gasteiger partial charge in [0.15, 0.2) is 0 Å². The normalized spacial score (nSPS) is 15.6. The molecule has 1 aliphatic rings. The first-order chi connectivity index (χ1) is 18.0. The summed E-state index contributed by atoms with van der Waals surface area (Å²) in [4.78, 5) is 39.2. The lowest BCUT2D eigenvalue weighted by atomic mass is 10.0. The summed E-state index contributed by atoms with van der Waals surface area (Å²) < 4.78 is 11.2. The zero-order valence-corrected chi connectivity index (χ0v) is 20.5. The number of nitrogens with zero attached hydrogens (tertiary/aromatic N) is 1. The number of ether oxygens (including phenoxy) is 2. The van der Waals surface area contributed by atoms with Crippen molar-refractivity contribution in [3.05, 3.63) is 102 Å². The fourth-order valence-electron chi connectivity index (χ4n) is 4.25. The van der Waals surface area contributed by atoms with E-state index in [0.29, 0.717) is 31.7 Å². The van der Waals surface area contributed by atoms with Gasteiger partial charge in [-0.1, -0.05) is 72.8 Å². The highest BCUT2D eigenvalue weighted by molar-refractivity contribution is 5.91. The fraction of sp³-hybridized carbons (Fsp3) is 0.276. The van der Waals surface area contributed by atoms with Crippen LogP contribution in [0.3, 0.4) is 0 Å². The van der Waals surface area contributed by atoms with Crippen LogP contribution in [0.2, 0.25) is 0 Å². The summed E-state index contributed by atoms with van der Waals surface area (Å²) in [6, 6.07) is 24.9. The van der Waals surface area contributed by atoms with Gasteiger partial charge in [0, 0.05) is 13.0 Å². The second-order valence-electron chi connectivity index (χ2n) is 8.98. The summed E-state index contributed by atoms with van der Waals surface area (Å²) in [7, 11) is 0.